The average Bonchev–Trinajstić information content (AvgIpc) is 2.30. The summed E-state index contributed by atoms with van der Waals surface area (Å²) >= 11 is 3.24. The molecule has 2 rings (SSSR count). The van der Waals surface area contributed by atoms with E-state index < -0.39 is 5.82 Å². The molecule has 0 atom stereocenters. The lowest BCUT2D eigenvalue weighted by molar-refractivity contribution is 0.423. The van der Waals surface area contributed by atoms with Crippen LogP contribution in [0.1, 0.15) is 5.56 Å². The number of anilines is 1. The molecule has 1 aromatic carbocycles. The molecule has 0 unspecified atom stereocenters. The van der Waals surface area contributed by atoms with Crippen LogP contribution in [-0.2, 0) is 0 Å². The van der Waals surface area contributed by atoms with Crippen molar-refractivity contribution < 1.29 is 9.13 Å². The van der Waals surface area contributed by atoms with Crippen LogP contribution in [0.15, 0.2) is 29.0 Å². The van der Waals surface area contributed by atoms with Crippen molar-refractivity contribution in [1.82, 2.24) is 9.97 Å². The fraction of sp³-hybridized carbons (Fsp3) is 0.0909. The predicted molar refractivity (Wildman–Crippen MR) is 65.4 cm³/mol. The fourth-order valence-corrected chi connectivity index (χ4v) is 1.55. The Hall–Kier alpha value is -1.69. The molecule has 0 fully saturated rings. The van der Waals surface area contributed by atoms with E-state index in [1.54, 1.807) is 13.0 Å². The molecule has 0 amide bonds. The number of benzene rings is 1. The molecular weight excluding hydrogens is 289 g/mol. The number of nitrogen functional groups attached to an aromatic ring is 1. The lowest BCUT2D eigenvalue weighted by Gasteiger charge is -2.09. The fourth-order valence-electron chi connectivity index (χ4n) is 1.21. The summed E-state index contributed by atoms with van der Waals surface area (Å²) in [5.74, 6) is 0.172. The molecule has 0 aliphatic heterocycles. The van der Waals surface area contributed by atoms with Crippen molar-refractivity contribution in [3.8, 4) is 11.6 Å². The Labute approximate surface area is 106 Å². The SMILES string of the molecule is Cc1c(N)ncnc1Oc1cc(Br)ccc1F. The standard InChI is InChI=1S/C11H9BrFN3O/c1-6-10(14)15-5-16-11(6)17-9-4-7(12)2-3-8(9)13/h2-5H,1H3,(H2,14,15,16). The van der Waals surface area contributed by atoms with E-state index in [0.29, 0.717) is 15.9 Å². The highest BCUT2D eigenvalue weighted by molar-refractivity contribution is 9.10. The quantitative estimate of drug-likeness (QED) is 0.925. The molecule has 1 heterocycles. The predicted octanol–water partition coefficient (Wildman–Crippen LogP) is 3.06. The molecular formula is C11H9BrFN3O. The molecule has 0 spiro atoms. The Morgan fingerprint density at radius 3 is 2.88 bits per heavy atom. The molecule has 17 heavy (non-hydrogen) atoms. The Morgan fingerprint density at radius 1 is 1.35 bits per heavy atom. The molecule has 0 aliphatic rings. The minimum Gasteiger partial charge on any atom is -0.435 e. The lowest BCUT2D eigenvalue weighted by atomic mass is 10.3. The molecule has 4 nitrogen and oxygen atoms in total. The lowest BCUT2D eigenvalue weighted by Crippen LogP contribution is -1.99. The maximum absolute atomic E-state index is 13.5. The molecule has 0 saturated carbocycles. The van der Waals surface area contributed by atoms with Gasteiger partial charge in [0, 0.05) is 4.47 Å². The van der Waals surface area contributed by atoms with E-state index in [1.807, 2.05) is 0 Å². The van der Waals surface area contributed by atoms with Gasteiger partial charge in [0.05, 0.1) is 5.56 Å². The van der Waals surface area contributed by atoms with Crippen molar-refractivity contribution in [3.05, 3.63) is 40.4 Å². The second-order valence-corrected chi connectivity index (χ2v) is 4.28. The Kier molecular flexibility index (Phi) is 3.23. The number of ether oxygens (including phenoxy) is 1. The van der Waals surface area contributed by atoms with E-state index in [1.165, 1.54) is 18.5 Å². The van der Waals surface area contributed by atoms with Crippen LogP contribution in [-0.4, -0.2) is 9.97 Å². The van der Waals surface area contributed by atoms with E-state index >= 15 is 0 Å². The third-order valence-corrected chi connectivity index (χ3v) is 2.67. The van der Waals surface area contributed by atoms with Crippen LogP contribution >= 0.6 is 15.9 Å². The normalized spacial score (nSPS) is 10.3. The van der Waals surface area contributed by atoms with Gasteiger partial charge in [0.15, 0.2) is 11.6 Å². The van der Waals surface area contributed by atoms with Crippen LogP contribution in [0.3, 0.4) is 0 Å². The molecule has 0 saturated heterocycles. The van der Waals surface area contributed by atoms with Gasteiger partial charge in [-0.2, -0.15) is 0 Å². The van der Waals surface area contributed by atoms with Crippen LogP contribution in [0.4, 0.5) is 10.2 Å². The summed E-state index contributed by atoms with van der Waals surface area (Å²) in [6, 6.07) is 4.41. The summed E-state index contributed by atoms with van der Waals surface area (Å²) in [4.78, 5) is 7.71. The molecule has 0 radical (unpaired) electrons. The van der Waals surface area contributed by atoms with Gasteiger partial charge in [-0.3, -0.25) is 0 Å². The first-order valence-electron chi connectivity index (χ1n) is 4.78. The third kappa shape index (κ3) is 2.52. The number of nitrogens with zero attached hydrogens (tertiary/aromatic N) is 2. The zero-order valence-corrected chi connectivity index (χ0v) is 10.5. The van der Waals surface area contributed by atoms with Crippen LogP contribution in [0.5, 0.6) is 11.6 Å². The first-order valence-corrected chi connectivity index (χ1v) is 5.57. The third-order valence-electron chi connectivity index (χ3n) is 2.18. The molecule has 6 heteroatoms. The topological polar surface area (TPSA) is 61.0 Å². The minimum atomic E-state index is -0.468. The Balaban J connectivity index is 2.38. The summed E-state index contributed by atoms with van der Waals surface area (Å²) in [7, 11) is 0. The smallest absolute Gasteiger partial charge is 0.227 e. The maximum atomic E-state index is 13.5. The second-order valence-electron chi connectivity index (χ2n) is 3.37. The average molecular weight is 298 g/mol. The van der Waals surface area contributed by atoms with Gasteiger partial charge in [-0.05, 0) is 25.1 Å². The van der Waals surface area contributed by atoms with Gasteiger partial charge in [0.1, 0.15) is 12.1 Å². The highest BCUT2D eigenvalue weighted by atomic mass is 79.9. The first kappa shape index (κ1) is 11.8. The minimum absolute atomic E-state index is 0.0839. The number of hydrogen-bond donors (Lipinski definition) is 1. The maximum Gasteiger partial charge on any atom is 0.227 e. The van der Waals surface area contributed by atoms with Gasteiger partial charge in [-0.1, -0.05) is 15.9 Å². The van der Waals surface area contributed by atoms with Crippen LogP contribution in [0.25, 0.3) is 0 Å². The van der Waals surface area contributed by atoms with E-state index in [2.05, 4.69) is 25.9 Å². The highest BCUT2D eigenvalue weighted by Gasteiger charge is 2.10. The van der Waals surface area contributed by atoms with Gasteiger partial charge >= 0.3 is 0 Å². The first-order chi connectivity index (χ1) is 8.08. The zero-order chi connectivity index (χ0) is 12.4. The van der Waals surface area contributed by atoms with Crippen molar-refractivity contribution in [2.45, 2.75) is 6.92 Å². The highest BCUT2D eigenvalue weighted by Crippen LogP contribution is 2.29. The molecule has 0 bridgehead atoms. The molecule has 2 aromatic rings. The number of rotatable bonds is 2. The second kappa shape index (κ2) is 4.67. The summed E-state index contributed by atoms with van der Waals surface area (Å²) in [6.45, 7) is 1.71. The largest absolute Gasteiger partial charge is 0.435 e. The van der Waals surface area contributed by atoms with Crippen molar-refractivity contribution in [2.24, 2.45) is 0 Å². The zero-order valence-electron chi connectivity index (χ0n) is 8.95. The van der Waals surface area contributed by atoms with Crippen molar-refractivity contribution >= 4 is 21.7 Å². The summed E-state index contributed by atoms with van der Waals surface area (Å²) in [6.07, 6.45) is 1.27. The summed E-state index contributed by atoms with van der Waals surface area (Å²) in [5.41, 5.74) is 6.18. The Bertz CT molecular complexity index is 562. The molecule has 2 N–H and O–H groups in total. The number of aromatic nitrogens is 2. The van der Waals surface area contributed by atoms with Crippen LogP contribution in [0.2, 0.25) is 0 Å². The number of halogens is 2. The van der Waals surface area contributed by atoms with Gasteiger partial charge < -0.3 is 10.5 Å². The van der Waals surface area contributed by atoms with Gasteiger partial charge in [0.25, 0.3) is 0 Å². The molecule has 0 aliphatic carbocycles. The van der Waals surface area contributed by atoms with E-state index in [4.69, 9.17) is 10.5 Å². The van der Waals surface area contributed by atoms with Crippen molar-refractivity contribution in [2.75, 3.05) is 5.73 Å². The number of hydrogen-bond acceptors (Lipinski definition) is 4. The van der Waals surface area contributed by atoms with E-state index in [9.17, 15) is 4.39 Å². The summed E-state index contributed by atoms with van der Waals surface area (Å²) in [5, 5.41) is 0. The van der Waals surface area contributed by atoms with Gasteiger partial charge in [-0.15, -0.1) is 0 Å². The van der Waals surface area contributed by atoms with Gasteiger partial charge in [-0.25, -0.2) is 14.4 Å². The van der Waals surface area contributed by atoms with Crippen LogP contribution in [0, 0.1) is 12.7 Å². The van der Waals surface area contributed by atoms with Crippen molar-refractivity contribution in [3.63, 3.8) is 0 Å². The summed E-state index contributed by atoms with van der Waals surface area (Å²) < 4.78 is 19.5. The molecule has 88 valence electrons. The molecule has 1 aromatic heterocycles. The van der Waals surface area contributed by atoms with Crippen LogP contribution < -0.4 is 10.5 Å². The van der Waals surface area contributed by atoms with E-state index in [0.717, 1.165) is 0 Å². The Morgan fingerprint density at radius 2 is 2.12 bits per heavy atom. The number of nitrogens with two attached hydrogens (primary N) is 1. The monoisotopic (exact) mass is 297 g/mol. The van der Waals surface area contributed by atoms with Crippen molar-refractivity contribution in [1.29, 1.82) is 0 Å². The van der Waals surface area contributed by atoms with Gasteiger partial charge in [0.2, 0.25) is 5.88 Å². The van der Waals surface area contributed by atoms with E-state index in [-0.39, 0.29) is 11.6 Å².